The van der Waals surface area contributed by atoms with E-state index in [1.807, 2.05) is 20.8 Å². The molecule has 0 atom stereocenters. The first-order valence-electron chi connectivity index (χ1n) is 6.89. The predicted octanol–water partition coefficient (Wildman–Crippen LogP) is 2.50. The number of rotatable bonds is 2. The molecule has 1 amide bonds. The summed E-state index contributed by atoms with van der Waals surface area (Å²) in [6, 6.07) is 0. The molecule has 1 N–H and O–H groups in total. The SMILES string of the molecule is CC(C)(C)OC(=O)N1CCC2(CC(CC(=O)O)C2)C1. The Kier molecular flexibility index (Phi) is 3.49. The van der Waals surface area contributed by atoms with E-state index < -0.39 is 11.6 Å². The molecule has 0 radical (unpaired) electrons. The molecular formula is C14H23NO4. The zero-order valence-electron chi connectivity index (χ0n) is 11.9. The van der Waals surface area contributed by atoms with Crippen LogP contribution >= 0.6 is 0 Å². The van der Waals surface area contributed by atoms with E-state index in [2.05, 4.69) is 0 Å². The van der Waals surface area contributed by atoms with Gasteiger partial charge in [-0.25, -0.2) is 4.79 Å². The normalized spacial score (nSPS) is 30.3. The Morgan fingerprint density at radius 1 is 1.37 bits per heavy atom. The maximum Gasteiger partial charge on any atom is 0.410 e. The van der Waals surface area contributed by atoms with Gasteiger partial charge in [0.2, 0.25) is 0 Å². The molecule has 2 aliphatic rings. The Bertz CT molecular complexity index is 379. The van der Waals surface area contributed by atoms with Gasteiger partial charge >= 0.3 is 12.1 Å². The van der Waals surface area contributed by atoms with E-state index in [1.54, 1.807) is 4.90 Å². The van der Waals surface area contributed by atoms with E-state index in [9.17, 15) is 9.59 Å². The molecule has 19 heavy (non-hydrogen) atoms. The minimum atomic E-state index is -0.721. The fourth-order valence-corrected chi connectivity index (χ4v) is 3.31. The molecule has 108 valence electrons. The summed E-state index contributed by atoms with van der Waals surface area (Å²) >= 11 is 0. The van der Waals surface area contributed by atoms with Crippen molar-refractivity contribution in [2.45, 2.75) is 52.1 Å². The lowest BCUT2D eigenvalue weighted by molar-refractivity contribution is -0.140. The molecule has 1 saturated carbocycles. The van der Waals surface area contributed by atoms with Crippen molar-refractivity contribution in [2.24, 2.45) is 11.3 Å². The number of carbonyl (C=O) groups excluding carboxylic acids is 1. The highest BCUT2D eigenvalue weighted by atomic mass is 16.6. The highest BCUT2D eigenvalue weighted by Crippen LogP contribution is 2.52. The van der Waals surface area contributed by atoms with Crippen LogP contribution in [-0.2, 0) is 9.53 Å². The molecule has 0 aromatic rings. The van der Waals surface area contributed by atoms with E-state index >= 15 is 0 Å². The third-order valence-electron chi connectivity index (χ3n) is 4.00. The molecule has 0 bridgehead atoms. The number of carboxylic acid groups (broad SMARTS) is 1. The number of carbonyl (C=O) groups is 2. The average molecular weight is 269 g/mol. The van der Waals surface area contributed by atoms with Crippen molar-refractivity contribution in [1.29, 1.82) is 0 Å². The third-order valence-corrected chi connectivity index (χ3v) is 4.00. The van der Waals surface area contributed by atoms with Crippen molar-refractivity contribution in [1.82, 2.24) is 4.90 Å². The summed E-state index contributed by atoms with van der Waals surface area (Å²) in [5.41, 5.74) is -0.296. The second kappa shape index (κ2) is 4.69. The van der Waals surface area contributed by atoms with Crippen molar-refractivity contribution in [3.8, 4) is 0 Å². The van der Waals surface area contributed by atoms with Gasteiger partial charge in [0.25, 0.3) is 0 Å². The predicted molar refractivity (Wildman–Crippen MR) is 69.8 cm³/mol. The summed E-state index contributed by atoms with van der Waals surface area (Å²) in [4.78, 5) is 24.4. The van der Waals surface area contributed by atoms with Crippen LogP contribution in [0, 0.1) is 11.3 Å². The van der Waals surface area contributed by atoms with Crippen molar-refractivity contribution >= 4 is 12.1 Å². The third kappa shape index (κ3) is 3.39. The van der Waals surface area contributed by atoms with Crippen LogP contribution in [0.2, 0.25) is 0 Å². The van der Waals surface area contributed by atoms with Crippen LogP contribution in [-0.4, -0.2) is 40.8 Å². The summed E-state index contributed by atoms with van der Waals surface area (Å²) < 4.78 is 5.37. The van der Waals surface area contributed by atoms with Gasteiger partial charge in [-0.05, 0) is 51.4 Å². The number of nitrogens with zero attached hydrogens (tertiary/aromatic N) is 1. The lowest BCUT2D eigenvalue weighted by Crippen LogP contribution is -2.42. The summed E-state index contributed by atoms with van der Waals surface area (Å²) in [5, 5.41) is 8.76. The van der Waals surface area contributed by atoms with Gasteiger partial charge in [0.15, 0.2) is 0 Å². The Balaban J connectivity index is 1.82. The van der Waals surface area contributed by atoms with E-state index in [-0.39, 0.29) is 23.8 Å². The van der Waals surface area contributed by atoms with E-state index in [0.29, 0.717) is 0 Å². The van der Waals surface area contributed by atoms with Crippen LogP contribution in [0.1, 0.15) is 46.5 Å². The van der Waals surface area contributed by atoms with Crippen LogP contribution < -0.4 is 0 Å². The van der Waals surface area contributed by atoms with Crippen LogP contribution in [0.25, 0.3) is 0 Å². The molecule has 0 aromatic carbocycles. The molecular weight excluding hydrogens is 246 g/mol. The molecule has 2 fully saturated rings. The van der Waals surface area contributed by atoms with Gasteiger partial charge in [-0.2, -0.15) is 0 Å². The zero-order chi connectivity index (χ0) is 14.3. The quantitative estimate of drug-likeness (QED) is 0.836. The first-order valence-corrected chi connectivity index (χ1v) is 6.89. The van der Waals surface area contributed by atoms with Crippen molar-refractivity contribution in [3.05, 3.63) is 0 Å². The number of likely N-dealkylation sites (tertiary alicyclic amines) is 1. The fraction of sp³-hybridized carbons (Fsp3) is 0.857. The minimum absolute atomic E-state index is 0.164. The smallest absolute Gasteiger partial charge is 0.410 e. The van der Waals surface area contributed by atoms with Crippen LogP contribution in [0.15, 0.2) is 0 Å². The minimum Gasteiger partial charge on any atom is -0.481 e. The van der Waals surface area contributed by atoms with Crippen molar-refractivity contribution in [3.63, 3.8) is 0 Å². The largest absolute Gasteiger partial charge is 0.481 e. The van der Waals surface area contributed by atoms with Crippen LogP contribution in [0.5, 0.6) is 0 Å². The van der Waals surface area contributed by atoms with Gasteiger partial charge in [-0.15, -0.1) is 0 Å². The molecule has 1 aliphatic carbocycles. The van der Waals surface area contributed by atoms with Gasteiger partial charge in [-0.3, -0.25) is 4.79 Å². The van der Waals surface area contributed by atoms with Crippen molar-refractivity contribution < 1.29 is 19.4 Å². The Morgan fingerprint density at radius 2 is 2.00 bits per heavy atom. The first-order chi connectivity index (χ1) is 8.69. The molecule has 0 aromatic heterocycles. The molecule has 1 aliphatic heterocycles. The Hall–Kier alpha value is -1.26. The molecule has 2 rings (SSSR count). The summed E-state index contributed by atoms with van der Waals surface area (Å²) in [6.45, 7) is 7.04. The number of ether oxygens (including phenoxy) is 1. The average Bonchev–Trinajstić information content (AvgIpc) is 2.58. The molecule has 1 spiro atoms. The summed E-state index contributed by atoms with van der Waals surface area (Å²) in [6.07, 6.45) is 2.85. The standard InChI is InChI=1S/C14H23NO4/c1-13(2,3)19-12(18)15-5-4-14(9-15)7-10(8-14)6-11(16)17/h10H,4-9H2,1-3H3,(H,16,17). The van der Waals surface area contributed by atoms with E-state index in [4.69, 9.17) is 9.84 Å². The zero-order valence-corrected chi connectivity index (χ0v) is 11.9. The fourth-order valence-electron chi connectivity index (χ4n) is 3.31. The molecule has 1 saturated heterocycles. The second-order valence-electron chi connectivity index (χ2n) is 7.02. The lowest BCUT2D eigenvalue weighted by Gasteiger charge is -2.44. The molecule has 0 unspecified atom stereocenters. The number of carboxylic acids is 1. The molecule has 5 heteroatoms. The van der Waals surface area contributed by atoms with Crippen LogP contribution in [0.4, 0.5) is 4.79 Å². The van der Waals surface area contributed by atoms with Crippen molar-refractivity contribution in [2.75, 3.05) is 13.1 Å². The van der Waals surface area contributed by atoms with Gasteiger partial charge in [0, 0.05) is 19.5 Å². The topological polar surface area (TPSA) is 66.8 Å². The Labute approximate surface area is 113 Å². The number of aliphatic carboxylic acids is 1. The highest BCUT2D eigenvalue weighted by molar-refractivity contribution is 5.69. The maximum absolute atomic E-state index is 12.0. The van der Waals surface area contributed by atoms with E-state index in [1.165, 1.54) is 0 Å². The number of hydrogen-bond donors (Lipinski definition) is 1. The first kappa shape index (κ1) is 14.2. The Morgan fingerprint density at radius 3 is 2.53 bits per heavy atom. The van der Waals surface area contributed by atoms with Gasteiger partial charge in [0.1, 0.15) is 5.60 Å². The highest BCUT2D eigenvalue weighted by Gasteiger charge is 2.50. The number of hydrogen-bond acceptors (Lipinski definition) is 3. The summed E-state index contributed by atoms with van der Waals surface area (Å²) in [7, 11) is 0. The number of amides is 1. The van der Waals surface area contributed by atoms with Gasteiger partial charge < -0.3 is 14.7 Å². The summed E-state index contributed by atoms with van der Waals surface area (Å²) in [5.74, 6) is -0.432. The molecule has 1 heterocycles. The monoisotopic (exact) mass is 269 g/mol. The van der Waals surface area contributed by atoms with Gasteiger partial charge in [-0.1, -0.05) is 0 Å². The van der Waals surface area contributed by atoms with Gasteiger partial charge in [0.05, 0.1) is 0 Å². The van der Waals surface area contributed by atoms with E-state index in [0.717, 1.165) is 32.4 Å². The molecule has 5 nitrogen and oxygen atoms in total. The lowest BCUT2D eigenvalue weighted by atomic mass is 9.60. The maximum atomic E-state index is 12.0. The van der Waals surface area contributed by atoms with Crippen LogP contribution in [0.3, 0.4) is 0 Å². The second-order valence-corrected chi connectivity index (χ2v) is 7.02.